The van der Waals surface area contributed by atoms with Crippen molar-refractivity contribution < 1.29 is 22.7 Å². The summed E-state index contributed by atoms with van der Waals surface area (Å²) < 4.78 is 43.4. The summed E-state index contributed by atoms with van der Waals surface area (Å²) in [5, 5.41) is 8.77. The van der Waals surface area contributed by atoms with Crippen molar-refractivity contribution in [3.8, 4) is 6.07 Å². The fourth-order valence-corrected chi connectivity index (χ4v) is 2.03. The van der Waals surface area contributed by atoms with Crippen LogP contribution in [0.2, 0.25) is 0 Å². The molecular weight excluding hydrogens is 287 g/mol. The second kappa shape index (κ2) is 5.61. The molecule has 1 fully saturated rings. The summed E-state index contributed by atoms with van der Waals surface area (Å²) >= 11 is 0. The molecule has 0 aliphatic carbocycles. The Kier molecular flexibility index (Phi) is 4.04. The zero-order valence-corrected chi connectivity index (χ0v) is 10.9. The molecular formula is C13H12F3N3O2. The van der Waals surface area contributed by atoms with Gasteiger partial charge < -0.3 is 15.4 Å². The third-order valence-corrected chi connectivity index (χ3v) is 3.10. The Morgan fingerprint density at radius 2 is 2.19 bits per heavy atom. The van der Waals surface area contributed by atoms with Gasteiger partial charge in [-0.2, -0.15) is 18.4 Å². The number of nitrogens with two attached hydrogens (primary N) is 1. The number of carbonyl (C=O) groups is 1. The number of amides is 1. The molecule has 1 aliphatic rings. The minimum atomic E-state index is -4.62. The summed E-state index contributed by atoms with van der Waals surface area (Å²) in [4.78, 5) is 13.5. The van der Waals surface area contributed by atoms with Gasteiger partial charge in [-0.1, -0.05) is 0 Å². The van der Waals surface area contributed by atoms with E-state index in [-0.39, 0.29) is 25.3 Å². The maximum Gasteiger partial charge on any atom is 0.418 e. The number of ether oxygens (including phenoxy) is 1. The van der Waals surface area contributed by atoms with Gasteiger partial charge >= 0.3 is 6.18 Å². The number of benzene rings is 1. The van der Waals surface area contributed by atoms with Gasteiger partial charge in [-0.05, 0) is 18.2 Å². The predicted octanol–water partition coefficient (Wildman–Crippen LogP) is 1.65. The Balaban J connectivity index is 2.26. The number of carbonyl (C=O) groups excluding carboxylic acids is 1. The Morgan fingerprint density at radius 3 is 2.81 bits per heavy atom. The highest BCUT2D eigenvalue weighted by Crippen LogP contribution is 2.34. The lowest BCUT2D eigenvalue weighted by molar-refractivity contribution is -0.136. The van der Waals surface area contributed by atoms with E-state index in [1.165, 1.54) is 11.0 Å². The fourth-order valence-electron chi connectivity index (χ4n) is 2.03. The molecule has 2 rings (SSSR count). The number of morpholine rings is 1. The van der Waals surface area contributed by atoms with Crippen LogP contribution in [0.5, 0.6) is 0 Å². The van der Waals surface area contributed by atoms with E-state index in [9.17, 15) is 18.0 Å². The summed E-state index contributed by atoms with van der Waals surface area (Å²) in [5.74, 6) is -0.580. The van der Waals surface area contributed by atoms with Crippen molar-refractivity contribution in [2.24, 2.45) is 0 Å². The molecule has 1 aromatic rings. The van der Waals surface area contributed by atoms with Crippen molar-refractivity contribution in [3.05, 3.63) is 29.3 Å². The average Bonchev–Trinajstić information content (AvgIpc) is 2.46. The first-order valence-electron chi connectivity index (χ1n) is 6.10. The van der Waals surface area contributed by atoms with Crippen molar-refractivity contribution in [1.29, 1.82) is 5.26 Å². The number of nitriles is 1. The standard InChI is InChI=1S/C13H12F3N3O2/c14-13(15,16)10-5-8(1-2-11(10)18)12(20)19-3-4-21-9(6-17)7-19/h1-2,5,9H,3-4,7,18H2. The quantitative estimate of drug-likeness (QED) is 0.800. The van der Waals surface area contributed by atoms with Crippen molar-refractivity contribution in [3.63, 3.8) is 0 Å². The highest BCUT2D eigenvalue weighted by atomic mass is 19.4. The number of anilines is 1. The van der Waals surface area contributed by atoms with E-state index >= 15 is 0 Å². The molecule has 1 amide bonds. The van der Waals surface area contributed by atoms with Crippen LogP contribution in [0.25, 0.3) is 0 Å². The smallest absolute Gasteiger partial charge is 0.398 e. The maximum atomic E-state index is 12.8. The van der Waals surface area contributed by atoms with Gasteiger partial charge in [-0.15, -0.1) is 0 Å². The van der Waals surface area contributed by atoms with Crippen LogP contribution in [0.3, 0.4) is 0 Å². The number of nitrogens with zero attached hydrogens (tertiary/aromatic N) is 2. The maximum absolute atomic E-state index is 12.8. The molecule has 0 saturated carbocycles. The number of hydrogen-bond donors (Lipinski definition) is 1. The lowest BCUT2D eigenvalue weighted by Crippen LogP contribution is -2.45. The molecule has 0 radical (unpaired) electrons. The third kappa shape index (κ3) is 3.25. The van der Waals surface area contributed by atoms with Gasteiger partial charge in [0.2, 0.25) is 0 Å². The zero-order valence-electron chi connectivity index (χ0n) is 10.9. The molecule has 2 N–H and O–H groups in total. The minimum absolute atomic E-state index is 0.0288. The first-order valence-corrected chi connectivity index (χ1v) is 6.10. The molecule has 1 atom stereocenters. The van der Waals surface area contributed by atoms with Crippen molar-refractivity contribution >= 4 is 11.6 Å². The molecule has 1 unspecified atom stereocenters. The Morgan fingerprint density at radius 1 is 1.48 bits per heavy atom. The van der Waals surface area contributed by atoms with Crippen LogP contribution < -0.4 is 5.73 Å². The minimum Gasteiger partial charge on any atom is -0.398 e. The predicted molar refractivity (Wildman–Crippen MR) is 67.1 cm³/mol. The molecule has 5 nitrogen and oxygen atoms in total. The van der Waals surface area contributed by atoms with Crippen LogP contribution in [-0.2, 0) is 10.9 Å². The summed E-state index contributed by atoms with van der Waals surface area (Å²) in [6, 6.07) is 4.89. The summed E-state index contributed by atoms with van der Waals surface area (Å²) in [6.45, 7) is 0.425. The first-order chi connectivity index (χ1) is 9.82. The summed E-state index contributed by atoms with van der Waals surface area (Å²) in [5.41, 5.74) is 3.70. The molecule has 1 heterocycles. The van der Waals surface area contributed by atoms with Crippen LogP contribution >= 0.6 is 0 Å². The van der Waals surface area contributed by atoms with Crippen molar-refractivity contribution in [2.75, 3.05) is 25.4 Å². The van der Waals surface area contributed by atoms with Crippen LogP contribution in [0.1, 0.15) is 15.9 Å². The van der Waals surface area contributed by atoms with Gasteiger partial charge in [0.1, 0.15) is 0 Å². The largest absolute Gasteiger partial charge is 0.418 e. The van der Waals surface area contributed by atoms with E-state index in [0.29, 0.717) is 0 Å². The van der Waals surface area contributed by atoms with Crippen LogP contribution in [0, 0.1) is 11.3 Å². The lowest BCUT2D eigenvalue weighted by Gasteiger charge is -2.30. The van der Waals surface area contributed by atoms with Gasteiger partial charge in [-0.3, -0.25) is 4.79 Å². The van der Waals surface area contributed by atoms with E-state index < -0.39 is 29.4 Å². The molecule has 0 bridgehead atoms. The zero-order chi connectivity index (χ0) is 15.6. The second-order valence-corrected chi connectivity index (χ2v) is 4.54. The van der Waals surface area contributed by atoms with E-state index in [1.54, 1.807) is 0 Å². The highest BCUT2D eigenvalue weighted by molar-refractivity contribution is 5.95. The molecule has 0 spiro atoms. The van der Waals surface area contributed by atoms with Gasteiger partial charge in [-0.25, -0.2) is 0 Å². The molecule has 112 valence electrons. The van der Waals surface area contributed by atoms with E-state index in [4.69, 9.17) is 15.7 Å². The SMILES string of the molecule is N#CC1CN(C(=O)c2ccc(N)c(C(F)(F)F)c2)CCO1. The number of alkyl halides is 3. The number of nitrogen functional groups attached to an aromatic ring is 1. The van der Waals surface area contributed by atoms with E-state index in [0.717, 1.165) is 12.1 Å². The normalized spacial score (nSPS) is 19.1. The molecule has 8 heteroatoms. The molecule has 1 aliphatic heterocycles. The van der Waals surface area contributed by atoms with Crippen LogP contribution in [0.15, 0.2) is 18.2 Å². The van der Waals surface area contributed by atoms with Gasteiger partial charge in [0, 0.05) is 17.8 Å². The second-order valence-electron chi connectivity index (χ2n) is 4.54. The van der Waals surface area contributed by atoms with Crippen molar-refractivity contribution in [2.45, 2.75) is 12.3 Å². The molecule has 0 aromatic heterocycles. The highest BCUT2D eigenvalue weighted by Gasteiger charge is 2.34. The van der Waals surface area contributed by atoms with Gasteiger partial charge in [0.25, 0.3) is 5.91 Å². The van der Waals surface area contributed by atoms with Crippen LogP contribution in [-0.4, -0.2) is 36.6 Å². The molecule has 1 saturated heterocycles. The molecule has 21 heavy (non-hydrogen) atoms. The summed E-state index contributed by atoms with van der Waals surface area (Å²) in [7, 11) is 0. The Labute approximate surface area is 118 Å². The van der Waals surface area contributed by atoms with Gasteiger partial charge in [0.15, 0.2) is 6.10 Å². The monoisotopic (exact) mass is 299 g/mol. The van der Waals surface area contributed by atoms with Crippen LogP contribution in [0.4, 0.5) is 18.9 Å². The topological polar surface area (TPSA) is 79.4 Å². The van der Waals surface area contributed by atoms with E-state index in [1.807, 2.05) is 6.07 Å². The van der Waals surface area contributed by atoms with Gasteiger partial charge in [0.05, 0.1) is 24.8 Å². The fraction of sp³-hybridized carbons (Fsp3) is 0.385. The molecule has 1 aromatic carbocycles. The number of hydrogen-bond acceptors (Lipinski definition) is 4. The summed E-state index contributed by atoms with van der Waals surface area (Å²) in [6.07, 6.45) is -5.39. The average molecular weight is 299 g/mol. The first kappa shape index (κ1) is 15.1. The number of halogens is 3. The Bertz CT molecular complexity index is 595. The lowest BCUT2D eigenvalue weighted by atomic mass is 10.1. The third-order valence-electron chi connectivity index (χ3n) is 3.10. The Hall–Kier alpha value is -2.27. The van der Waals surface area contributed by atoms with Crippen molar-refractivity contribution in [1.82, 2.24) is 4.90 Å². The van der Waals surface area contributed by atoms with E-state index in [2.05, 4.69) is 0 Å². The number of rotatable bonds is 1.